The Labute approximate surface area is 264 Å². The van der Waals surface area contributed by atoms with E-state index in [9.17, 15) is 35.9 Å². The summed E-state index contributed by atoms with van der Waals surface area (Å²) in [5.74, 6) is -0.146. The maximum atomic E-state index is 13.5. The normalized spacial score (nSPS) is 19.1. The van der Waals surface area contributed by atoms with Crippen LogP contribution in [0, 0.1) is 0 Å². The highest BCUT2D eigenvalue weighted by Gasteiger charge is 2.38. The number of thioether (sulfide) groups is 1. The number of ether oxygens (including phenoxy) is 3. The van der Waals surface area contributed by atoms with Gasteiger partial charge in [0.05, 0.1) is 42.9 Å². The molecule has 0 spiro atoms. The quantitative estimate of drug-likeness (QED) is 0.308. The Bertz CT molecular complexity index is 1520. The lowest BCUT2D eigenvalue weighted by Crippen LogP contribution is -2.52. The summed E-state index contributed by atoms with van der Waals surface area (Å²) < 4.78 is 95.7. The molecule has 2 fully saturated rings. The third-order valence-electron chi connectivity index (χ3n) is 7.59. The number of amidine groups is 1. The van der Waals surface area contributed by atoms with Crippen molar-refractivity contribution in [3.05, 3.63) is 63.6 Å². The van der Waals surface area contributed by atoms with Gasteiger partial charge in [-0.05, 0) is 47.7 Å². The summed E-state index contributed by atoms with van der Waals surface area (Å²) in [6.07, 6.45) is -8.36. The van der Waals surface area contributed by atoms with Gasteiger partial charge in [-0.15, -0.1) is 0 Å². The lowest BCUT2D eigenvalue weighted by atomic mass is 10.0. The van der Waals surface area contributed by atoms with Gasteiger partial charge in [-0.2, -0.15) is 31.3 Å². The van der Waals surface area contributed by atoms with Crippen molar-refractivity contribution in [2.24, 2.45) is 4.99 Å². The molecule has 46 heavy (non-hydrogen) atoms. The smallest absolute Gasteiger partial charge is 0.416 e. The van der Waals surface area contributed by atoms with Gasteiger partial charge in [0, 0.05) is 44.8 Å². The molecule has 3 aliphatic rings. The average Bonchev–Trinajstić information content (AvgIpc) is 3.39. The number of piperazine rings is 1. The number of carbonyl (C=O) groups excluding carboxylic acids is 2. The summed E-state index contributed by atoms with van der Waals surface area (Å²) in [7, 11) is 1.32. The molecule has 3 aliphatic heterocycles. The molecular weight excluding hydrogens is 642 g/mol. The monoisotopic (exact) mass is 672 g/mol. The Kier molecular flexibility index (Phi) is 10.2. The number of morpholine rings is 1. The molecule has 248 valence electrons. The first kappa shape index (κ1) is 33.6. The van der Waals surface area contributed by atoms with Crippen molar-refractivity contribution in [2.45, 2.75) is 19.0 Å². The molecule has 0 radical (unpaired) electrons. The number of halogens is 6. The van der Waals surface area contributed by atoms with E-state index in [0.717, 1.165) is 6.07 Å². The third-order valence-corrected chi connectivity index (χ3v) is 8.63. The van der Waals surface area contributed by atoms with Crippen LogP contribution in [0.15, 0.2) is 46.3 Å². The standard InChI is InChI=1S/C30H30F6N4O5S/c1-43-24-14-19(2-5-23(24)45-18-20-3-4-21(29(31,32)33)16-22(20)30(34,35)36)15-25-27(42)37-28(46-25)40-8-6-38(7-9-40)17-26(41)39-10-12-44-13-11-39/h2-5,14-16H,6-13,17-18H2,1H3/b25-15-. The highest BCUT2D eigenvalue weighted by Crippen LogP contribution is 2.39. The number of nitrogens with zero attached hydrogens (tertiary/aromatic N) is 4. The Hall–Kier alpha value is -3.76. The number of methoxy groups -OCH3 is 1. The van der Waals surface area contributed by atoms with E-state index in [1.807, 2.05) is 4.90 Å². The molecule has 3 heterocycles. The topological polar surface area (TPSA) is 83.9 Å². The minimum absolute atomic E-state index is 0.0602. The van der Waals surface area contributed by atoms with Crippen LogP contribution >= 0.6 is 11.8 Å². The number of hydrogen-bond acceptors (Lipinski definition) is 8. The van der Waals surface area contributed by atoms with Crippen molar-refractivity contribution < 1.29 is 50.1 Å². The third kappa shape index (κ3) is 8.14. The number of benzene rings is 2. The Morgan fingerprint density at radius 3 is 2.33 bits per heavy atom. The van der Waals surface area contributed by atoms with Crippen LogP contribution in [-0.4, -0.2) is 97.8 Å². The first-order valence-corrected chi connectivity index (χ1v) is 15.1. The maximum Gasteiger partial charge on any atom is 0.416 e. The van der Waals surface area contributed by atoms with Crippen molar-refractivity contribution in [2.75, 3.05) is 66.1 Å². The van der Waals surface area contributed by atoms with Gasteiger partial charge in [-0.3, -0.25) is 14.5 Å². The molecule has 2 aromatic rings. The SMILES string of the molecule is COc1cc(/C=C2\SC(N3CCN(CC(=O)N4CCOCC4)CC3)=NC2=O)ccc1OCc1ccc(C(F)(F)F)cc1C(F)(F)F. The van der Waals surface area contributed by atoms with Crippen molar-refractivity contribution in [1.29, 1.82) is 0 Å². The van der Waals surface area contributed by atoms with Gasteiger partial charge in [0.1, 0.15) is 6.61 Å². The van der Waals surface area contributed by atoms with Crippen LogP contribution in [0.25, 0.3) is 6.08 Å². The van der Waals surface area contributed by atoms with Crippen molar-refractivity contribution in [1.82, 2.24) is 14.7 Å². The Morgan fingerprint density at radius 1 is 0.957 bits per heavy atom. The van der Waals surface area contributed by atoms with Crippen molar-refractivity contribution in [3.8, 4) is 11.5 Å². The fourth-order valence-electron chi connectivity index (χ4n) is 5.08. The lowest BCUT2D eigenvalue weighted by Gasteiger charge is -2.36. The zero-order chi connectivity index (χ0) is 33.1. The van der Waals surface area contributed by atoms with Gasteiger partial charge in [0.2, 0.25) is 5.91 Å². The molecule has 16 heteroatoms. The fourth-order valence-corrected chi connectivity index (χ4v) is 6.04. The predicted octanol–water partition coefficient (Wildman–Crippen LogP) is 4.76. The van der Waals surface area contributed by atoms with Crippen LogP contribution in [0.3, 0.4) is 0 Å². The summed E-state index contributed by atoms with van der Waals surface area (Å²) >= 11 is 1.21. The van der Waals surface area contributed by atoms with Crippen molar-refractivity contribution in [3.63, 3.8) is 0 Å². The summed E-state index contributed by atoms with van der Waals surface area (Å²) in [5.41, 5.74) is -2.80. The van der Waals surface area contributed by atoms with E-state index in [-0.39, 0.29) is 23.5 Å². The number of amides is 2. The van der Waals surface area contributed by atoms with Crippen LogP contribution in [0.1, 0.15) is 22.3 Å². The molecule has 0 aliphatic carbocycles. The van der Waals surface area contributed by atoms with Gasteiger partial charge in [0.15, 0.2) is 16.7 Å². The average molecular weight is 673 g/mol. The molecule has 0 N–H and O–H groups in total. The number of hydrogen-bond donors (Lipinski definition) is 0. The van der Waals surface area contributed by atoms with E-state index in [1.54, 1.807) is 17.0 Å². The Balaban J connectivity index is 1.19. The number of alkyl halides is 6. The van der Waals surface area contributed by atoms with Crippen LogP contribution in [0.2, 0.25) is 0 Å². The molecular formula is C30H30F6N4O5S. The number of carbonyl (C=O) groups is 2. The lowest BCUT2D eigenvalue weighted by molar-refractivity contribution is -0.143. The summed E-state index contributed by atoms with van der Waals surface area (Å²) in [4.78, 5) is 35.7. The van der Waals surface area contributed by atoms with Gasteiger partial charge >= 0.3 is 12.4 Å². The van der Waals surface area contributed by atoms with E-state index >= 15 is 0 Å². The zero-order valence-electron chi connectivity index (χ0n) is 24.6. The molecule has 2 amide bonds. The molecule has 0 bridgehead atoms. The molecule has 0 saturated carbocycles. The van der Waals surface area contributed by atoms with E-state index in [0.29, 0.717) is 80.7 Å². The highest BCUT2D eigenvalue weighted by molar-refractivity contribution is 8.18. The Morgan fingerprint density at radius 2 is 1.67 bits per heavy atom. The molecule has 2 aromatic carbocycles. The predicted molar refractivity (Wildman–Crippen MR) is 157 cm³/mol. The molecule has 0 atom stereocenters. The second-order valence-corrected chi connectivity index (χ2v) is 11.6. The van der Waals surface area contributed by atoms with E-state index in [4.69, 9.17) is 14.2 Å². The highest BCUT2D eigenvalue weighted by atomic mass is 32.2. The first-order chi connectivity index (χ1) is 21.8. The van der Waals surface area contributed by atoms with Gasteiger partial charge < -0.3 is 24.0 Å². The zero-order valence-corrected chi connectivity index (χ0v) is 25.4. The molecule has 2 saturated heterocycles. The summed E-state index contributed by atoms with van der Waals surface area (Å²) in [5, 5.41) is 0.555. The maximum absolute atomic E-state index is 13.5. The van der Waals surface area contributed by atoms with Crippen LogP contribution in [-0.2, 0) is 33.3 Å². The van der Waals surface area contributed by atoms with Gasteiger partial charge in [-0.25, -0.2) is 0 Å². The van der Waals surface area contributed by atoms with E-state index in [1.165, 1.54) is 31.0 Å². The fraction of sp³-hybridized carbons (Fsp3) is 0.433. The summed E-state index contributed by atoms with van der Waals surface area (Å²) in [6.45, 7) is 4.41. The van der Waals surface area contributed by atoms with Crippen LogP contribution < -0.4 is 9.47 Å². The second kappa shape index (κ2) is 13.9. The molecule has 9 nitrogen and oxygen atoms in total. The largest absolute Gasteiger partial charge is 0.493 e. The van der Waals surface area contributed by atoms with E-state index in [2.05, 4.69) is 9.89 Å². The van der Waals surface area contributed by atoms with Crippen LogP contribution in [0.5, 0.6) is 11.5 Å². The van der Waals surface area contributed by atoms with E-state index < -0.39 is 41.6 Å². The van der Waals surface area contributed by atoms with Crippen molar-refractivity contribution >= 4 is 34.8 Å². The molecule has 0 unspecified atom stereocenters. The number of rotatable bonds is 7. The second-order valence-electron chi connectivity index (χ2n) is 10.6. The number of aliphatic imine (C=N–C) groups is 1. The van der Waals surface area contributed by atoms with Gasteiger partial charge in [0.25, 0.3) is 5.91 Å². The minimum atomic E-state index is -5.03. The van der Waals surface area contributed by atoms with Gasteiger partial charge in [-0.1, -0.05) is 12.1 Å². The van der Waals surface area contributed by atoms with Crippen LogP contribution in [0.4, 0.5) is 26.3 Å². The molecule has 0 aromatic heterocycles. The minimum Gasteiger partial charge on any atom is -0.493 e. The molecule has 5 rings (SSSR count). The summed E-state index contributed by atoms with van der Waals surface area (Å²) in [6, 6.07) is 5.90. The first-order valence-electron chi connectivity index (χ1n) is 14.3.